The number of benzene rings is 3. The van der Waals surface area contributed by atoms with Crippen LogP contribution in [0.25, 0.3) is 21.5 Å². The molecular formula is C14H10Os. The molecule has 0 nitrogen and oxygen atoms in total. The smallest absolute Gasteiger partial charge is 0 e. The zero-order valence-corrected chi connectivity index (χ0v) is 10.7. The van der Waals surface area contributed by atoms with Crippen molar-refractivity contribution in [1.82, 2.24) is 0 Å². The monoisotopic (exact) mass is 370 g/mol. The van der Waals surface area contributed by atoms with Crippen LogP contribution in [0.4, 0.5) is 0 Å². The predicted octanol–water partition coefficient (Wildman–Crippen LogP) is 3.99. The third kappa shape index (κ3) is 1.81. The molecule has 0 aliphatic rings. The van der Waals surface area contributed by atoms with Crippen LogP contribution in [0, 0.1) is 0 Å². The first-order valence-corrected chi connectivity index (χ1v) is 4.81. The summed E-state index contributed by atoms with van der Waals surface area (Å²) >= 11 is 0. The average molecular weight is 368 g/mol. The maximum atomic E-state index is 2.24. The maximum absolute atomic E-state index is 2.24. The van der Waals surface area contributed by atoms with E-state index < -0.39 is 0 Å². The quantitative estimate of drug-likeness (QED) is 0.527. The van der Waals surface area contributed by atoms with Crippen LogP contribution in [-0.2, 0) is 19.8 Å². The van der Waals surface area contributed by atoms with Crippen LogP contribution in [0.2, 0.25) is 0 Å². The van der Waals surface area contributed by atoms with Crippen LogP contribution in [0.3, 0.4) is 0 Å². The second-order valence-electron chi connectivity index (χ2n) is 3.55. The Kier molecular flexibility index (Phi) is 2.85. The van der Waals surface area contributed by atoms with Crippen molar-refractivity contribution in [3.63, 3.8) is 0 Å². The fourth-order valence-electron chi connectivity index (χ4n) is 1.88. The van der Waals surface area contributed by atoms with Gasteiger partial charge in [0.05, 0.1) is 0 Å². The van der Waals surface area contributed by atoms with Gasteiger partial charge in [-0.3, -0.25) is 0 Å². The van der Waals surface area contributed by atoms with Gasteiger partial charge < -0.3 is 0 Å². The van der Waals surface area contributed by atoms with E-state index in [0.29, 0.717) is 0 Å². The summed E-state index contributed by atoms with van der Waals surface area (Å²) in [6.45, 7) is 0. The molecule has 0 aliphatic carbocycles. The van der Waals surface area contributed by atoms with E-state index in [9.17, 15) is 0 Å². The van der Waals surface area contributed by atoms with E-state index >= 15 is 0 Å². The van der Waals surface area contributed by atoms with Crippen molar-refractivity contribution >= 4 is 21.5 Å². The third-order valence-corrected chi connectivity index (χ3v) is 2.61. The second-order valence-corrected chi connectivity index (χ2v) is 3.55. The van der Waals surface area contributed by atoms with Crippen molar-refractivity contribution in [3.05, 3.63) is 60.7 Å². The van der Waals surface area contributed by atoms with Crippen molar-refractivity contribution in [2.45, 2.75) is 0 Å². The molecule has 3 aromatic rings. The standard InChI is InChI=1S/C14H10.Os/c1-2-6-12-10-14-8-4-3-7-13(14)9-11(12)5-1;/h1-10H;. The number of fused-ring (bicyclic) bond motifs is 2. The minimum Gasteiger partial charge on any atom is -0.0616 e. The summed E-state index contributed by atoms with van der Waals surface area (Å²) in [5.41, 5.74) is 0. The van der Waals surface area contributed by atoms with Gasteiger partial charge in [0.2, 0.25) is 0 Å². The molecule has 1 heteroatoms. The molecule has 0 spiro atoms. The summed E-state index contributed by atoms with van der Waals surface area (Å²) in [7, 11) is 0. The Balaban J connectivity index is 0.000000853. The summed E-state index contributed by atoms with van der Waals surface area (Å²) in [6.07, 6.45) is 0. The van der Waals surface area contributed by atoms with Crippen LogP contribution >= 0.6 is 0 Å². The summed E-state index contributed by atoms with van der Waals surface area (Å²) in [5.74, 6) is 0. The molecule has 0 bridgehead atoms. The topological polar surface area (TPSA) is 0 Å². The Morgan fingerprint density at radius 3 is 1.00 bits per heavy atom. The molecule has 0 amide bonds. The van der Waals surface area contributed by atoms with Crippen molar-refractivity contribution in [2.24, 2.45) is 0 Å². The normalized spacial score (nSPS) is 10.1. The Morgan fingerprint density at radius 2 is 0.733 bits per heavy atom. The Bertz CT molecular complexity index is 494. The molecule has 0 fully saturated rings. The fourth-order valence-corrected chi connectivity index (χ4v) is 1.88. The molecule has 3 rings (SSSR count). The van der Waals surface area contributed by atoms with Gasteiger partial charge in [-0.25, -0.2) is 0 Å². The van der Waals surface area contributed by atoms with Gasteiger partial charge in [-0.05, 0) is 33.7 Å². The molecule has 0 heterocycles. The molecule has 74 valence electrons. The van der Waals surface area contributed by atoms with Crippen molar-refractivity contribution in [2.75, 3.05) is 0 Å². The molecule has 0 atom stereocenters. The number of hydrogen-bond acceptors (Lipinski definition) is 0. The van der Waals surface area contributed by atoms with Crippen LogP contribution in [0.15, 0.2) is 60.7 Å². The molecule has 0 saturated carbocycles. The van der Waals surface area contributed by atoms with Gasteiger partial charge in [-0.15, -0.1) is 0 Å². The van der Waals surface area contributed by atoms with E-state index in [-0.39, 0.29) is 19.8 Å². The van der Waals surface area contributed by atoms with E-state index in [0.717, 1.165) is 0 Å². The van der Waals surface area contributed by atoms with Crippen molar-refractivity contribution < 1.29 is 19.8 Å². The van der Waals surface area contributed by atoms with Gasteiger partial charge in [0.15, 0.2) is 0 Å². The van der Waals surface area contributed by atoms with Crippen LogP contribution in [-0.4, -0.2) is 0 Å². The first kappa shape index (κ1) is 10.3. The van der Waals surface area contributed by atoms with Gasteiger partial charge in [-0.1, -0.05) is 48.5 Å². The van der Waals surface area contributed by atoms with Crippen molar-refractivity contribution in [3.8, 4) is 0 Å². The summed E-state index contributed by atoms with van der Waals surface area (Å²) in [4.78, 5) is 0. The van der Waals surface area contributed by atoms with Crippen LogP contribution in [0.1, 0.15) is 0 Å². The van der Waals surface area contributed by atoms with Gasteiger partial charge >= 0.3 is 0 Å². The average Bonchev–Trinajstić information content (AvgIpc) is 2.26. The summed E-state index contributed by atoms with van der Waals surface area (Å²) in [6, 6.07) is 21.4. The molecule has 15 heavy (non-hydrogen) atoms. The van der Waals surface area contributed by atoms with E-state index in [4.69, 9.17) is 0 Å². The molecule has 0 N–H and O–H groups in total. The Hall–Kier alpha value is -1.18. The van der Waals surface area contributed by atoms with E-state index in [1.807, 2.05) is 0 Å². The summed E-state index contributed by atoms with van der Waals surface area (Å²) in [5, 5.41) is 5.25. The molecular weight excluding hydrogens is 358 g/mol. The molecule has 0 radical (unpaired) electrons. The van der Waals surface area contributed by atoms with Gasteiger partial charge in [-0.2, -0.15) is 0 Å². The van der Waals surface area contributed by atoms with Crippen molar-refractivity contribution in [1.29, 1.82) is 0 Å². The first-order chi connectivity index (χ1) is 6.93. The van der Waals surface area contributed by atoms with Gasteiger partial charge in [0, 0.05) is 19.8 Å². The van der Waals surface area contributed by atoms with Gasteiger partial charge in [0.25, 0.3) is 0 Å². The van der Waals surface area contributed by atoms with E-state index in [1.165, 1.54) is 21.5 Å². The fraction of sp³-hybridized carbons (Fsp3) is 0. The van der Waals surface area contributed by atoms with Crippen LogP contribution < -0.4 is 0 Å². The van der Waals surface area contributed by atoms with E-state index in [2.05, 4.69) is 60.7 Å². The molecule has 3 aromatic carbocycles. The molecule has 0 unspecified atom stereocenters. The Labute approximate surface area is 102 Å². The minimum atomic E-state index is 0. The largest absolute Gasteiger partial charge is 0.0616 e. The molecule has 0 aliphatic heterocycles. The second kappa shape index (κ2) is 4.13. The minimum absolute atomic E-state index is 0. The summed E-state index contributed by atoms with van der Waals surface area (Å²) < 4.78 is 0. The Morgan fingerprint density at radius 1 is 0.467 bits per heavy atom. The molecule has 0 aromatic heterocycles. The first-order valence-electron chi connectivity index (χ1n) is 4.81. The zero-order valence-electron chi connectivity index (χ0n) is 8.13. The number of rotatable bonds is 0. The van der Waals surface area contributed by atoms with Crippen LogP contribution in [0.5, 0.6) is 0 Å². The molecule has 0 saturated heterocycles. The predicted molar refractivity (Wildman–Crippen MR) is 61.5 cm³/mol. The maximum Gasteiger partial charge on any atom is 0 e. The third-order valence-electron chi connectivity index (χ3n) is 2.61. The van der Waals surface area contributed by atoms with E-state index in [1.54, 1.807) is 0 Å². The SMILES string of the molecule is [Os].c1ccc2cc3ccccc3cc2c1. The zero-order chi connectivity index (χ0) is 9.38. The van der Waals surface area contributed by atoms with Gasteiger partial charge in [0.1, 0.15) is 0 Å². The number of hydrogen-bond donors (Lipinski definition) is 0.